The largest absolute Gasteiger partial charge is 0.0843 e. The van der Waals surface area contributed by atoms with Gasteiger partial charge in [-0.3, -0.25) is 0 Å². The van der Waals surface area contributed by atoms with Crippen molar-refractivity contribution in [3.05, 3.63) is 106 Å². The van der Waals surface area contributed by atoms with E-state index in [9.17, 15) is 0 Å². The van der Waals surface area contributed by atoms with Crippen LogP contribution in [0.25, 0.3) is 12.2 Å². The summed E-state index contributed by atoms with van der Waals surface area (Å²) in [6.45, 7) is 2.25. The summed E-state index contributed by atoms with van der Waals surface area (Å²) >= 11 is 5.96. The second-order valence-electron chi connectivity index (χ2n) is 9.37. The summed E-state index contributed by atoms with van der Waals surface area (Å²) in [6.07, 6.45) is 14.7. The van der Waals surface area contributed by atoms with E-state index in [4.69, 9.17) is 11.6 Å². The fraction of sp³-hybridized carbons (Fsp3) is 0.355. The number of hydrogen-bond acceptors (Lipinski definition) is 0. The lowest BCUT2D eigenvalue weighted by Crippen LogP contribution is -2.14. The highest BCUT2D eigenvalue weighted by atomic mass is 35.5. The number of rotatable bonds is 8. The Morgan fingerprint density at radius 3 is 1.81 bits per heavy atom. The van der Waals surface area contributed by atoms with Crippen molar-refractivity contribution in [3.63, 3.8) is 0 Å². The van der Waals surface area contributed by atoms with Gasteiger partial charge in [-0.25, -0.2) is 0 Å². The van der Waals surface area contributed by atoms with Gasteiger partial charge in [-0.05, 0) is 96.7 Å². The normalized spacial score (nSPS) is 18.8. The van der Waals surface area contributed by atoms with Gasteiger partial charge >= 0.3 is 0 Å². The minimum absolute atomic E-state index is 0.772. The quantitative estimate of drug-likeness (QED) is 0.305. The smallest absolute Gasteiger partial charge is 0.0406 e. The first kappa shape index (κ1) is 22.9. The van der Waals surface area contributed by atoms with Crippen molar-refractivity contribution in [2.75, 3.05) is 0 Å². The summed E-state index contributed by atoms with van der Waals surface area (Å²) in [5.74, 6) is 1.66. The first-order valence-corrected chi connectivity index (χ1v) is 12.7. The molecular weight excluding hydrogens is 408 g/mol. The molecule has 1 aliphatic carbocycles. The van der Waals surface area contributed by atoms with Gasteiger partial charge < -0.3 is 0 Å². The molecule has 32 heavy (non-hydrogen) atoms. The van der Waals surface area contributed by atoms with E-state index < -0.39 is 0 Å². The van der Waals surface area contributed by atoms with E-state index in [1.807, 2.05) is 24.3 Å². The van der Waals surface area contributed by atoms with Gasteiger partial charge in [0, 0.05) is 5.02 Å². The molecule has 0 N–H and O–H groups in total. The molecule has 0 atom stereocenters. The first-order chi connectivity index (χ1) is 15.7. The number of hydrogen-bond donors (Lipinski definition) is 0. The maximum absolute atomic E-state index is 5.96. The fourth-order valence-electron chi connectivity index (χ4n) is 4.96. The molecule has 0 heterocycles. The van der Waals surface area contributed by atoms with Crippen molar-refractivity contribution >= 4 is 23.8 Å². The number of benzene rings is 3. The van der Waals surface area contributed by atoms with Crippen molar-refractivity contribution < 1.29 is 0 Å². The molecule has 0 saturated heterocycles. The SMILES string of the molecule is CCCc1ccc([C@H]2CC[C@H](CCc3ccc(C=Cc4ccc(Cl)cc4)cc3)CC2)cc1. The van der Waals surface area contributed by atoms with Crippen molar-refractivity contribution in [2.24, 2.45) is 5.92 Å². The Morgan fingerprint density at radius 1 is 0.688 bits per heavy atom. The van der Waals surface area contributed by atoms with E-state index in [0.717, 1.165) is 16.9 Å². The number of aryl methyl sites for hydroxylation is 2. The monoisotopic (exact) mass is 442 g/mol. The van der Waals surface area contributed by atoms with E-state index >= 15 is 0 Å². The molecule has 0 spiro atoms. The van der Waals surface area contributed by atoms with Crippen LogP contribution in [0.15, 0.2) is 72.8 Å². The third-order valence-electron chi connectivity index (χ3n) is 7.00. The van der Waals surface area contributed by atoms with E-state index in [1.54, 1.807) is 5.56 Å². The van der Waals surface area contributed by atoms with E-state index in [1.165, 1.54) is 73.6 Å². The van der Waals surface area contributed by atoms with Crippen molar-refractivity contribution in [2.45, 2.75) is 64.2 Å². The van der Waals surface area contributed by atoms with Gasteiger partial charge in [0.2, 0.25) is 0 Å². The van der Waals surface area contributed by atoms with Crippen molar-refractivity contribution in [1.82, 2.24) is 0 Å². The van der Waals surface area contributed by atoms with Crippen LogP contribution < -0.4 is 0 Å². The Hall–Kier alpha value is -2.31. The molecule has 0 amide bonds. The maximum atomic E-state index is 5.96. The molecule has 1 fully saturated rings. The van der Waals surface area contributed by atoms with E-state index in [-0.39, 0.29) is 0 Å². The third kappa shape index (κ3) is 6.59. The van der Waals surface area contributed by atoms with Crippen LogP contribution in [-0.2, 0) is 12.8 Å². The molecule has 0 bridgehead atoms. The van der Waals surface area contributed by atoms with Gasteiger partial charge in [0.05, 0.1) is 0 Å². The summed E-state index contributed by atoms with van der Waals surface area (Å²) in [7, 11) is 0. The van der Waals surface area contributed by atoms with Crippen LogP contribution in [0.4, 0.5) is 0 Å². The highest BCUT2D eigenvalue weighted by molar-refractivity contribution is 6.30. The summed E-state index contributed by atoms with van der Waals surface area (Å²) < 4.78 is 0. The van der Waals surface area contributed by atoms with Crippen LogP contribution in [0.1, 0.15) is 79.2 Å². The molecule has 1 aliphatic rings. The highest BCUT2D eigenvalue weighted by Gasteiger charge is 2.22. The minimum Gasteiger partial charge on any atom is -0.0843 e. The van der Waals surface area contributed by atoms with Crippen LogP contribution in [0, 0.1) is 5.92 Å². The van der Waals surface area contributed by atoms with Gasteiger partial charge in [-0.1, -0.05) is 97.8 Å². The van der Waals surface area contributed by atoms with Gasteiger partial charge in [0.15, 0.2) is 0 Å². The van der Waals surface area contributed by atoms with E-state index in [2.05, 4.69) is 67.6 Å². The molecule has 3 aromatic carbocycles. The van der Waals surface area contributed by atoms with E-state index in [0.29, 0.717) is 0 Å². The summed E-state index contributed by atoms with van der Waals surface area (Å²) in [5.41, 5.74) is 6.92. The third-order valence-corrected chi connectivity index (χ3v) is 7.25. The molecule has 166 valence electrons. The second kappa shape index (κ2) is 11.5. The minimum atomic E-state index is 0.772. The molecule has 0 aliphatic heterocycles. The topological polar surface area (TPSA) is 0 Å². The zero-order chi connectivity index (χ0) is 22.2. The van der Waals surface area contributed by atoms with Gasteiger partial charge in [0.25, 0.3) is 0 Å². The molecule has 0 nitrogen and oxygen atoms in total. The van der Waals surface area contributed by atoms with Crippen molar-refractivity contribution in [1.29, 1.82) is 0 Å². The highest BCUT2D eigenvalue weighted by Crippen LogP contribution is 2.37. The summed E-state index contributed by atoms with van der Waals surface area (Å²) in [6, 6.07) is 26.5. The zero-order valence-corrected chi connectivity index (χ0v) is 20.0. The Labute approximate surface area is 199 Å². The zero-order valence-electron chi connectivity index (χ0n) is 19.3. The molecule has 4 rings (SSSR count). The fourth-order valence-corrected chi connectivity index (χ4v) is 5.09. The van der Waals surface area contributed by atoms with Gasteiger partial charge in [-0.15, -0.1) is 0 Å². The predicted molar refractivity (Wildman–Crippen MR) is 140 cm³/mol. The maximum Gasteiger partial charge on any atom is 0.0406 e. The molecule has 1 heteroatoms. The Kier molecular flexibility index (Phi) is 8.24. The van der Waals surface area contributed by atoms with Gasteiger partial charge in [-0.2, -0.15) is 0 Å². The average Bonchev–Trinajstić information content (AvgIpc) is 2.84. The van der Waals surface area contributed by atoms with Crippen molar-refractivity contribution in [3.8, 4) is 0 Å². The predicted octanol–water partition coefficient (Wildman–Crippen LogP) is 9.37. The molecule has 0 unspecified atom stereocenters. The molecule has 0 aromatic heterocycles. The molecular formula is C31H35Cl. The van der Waals surface area contributed by atoms with Crippen LogP contribution in [-0.4, -0.2) is 0 Å². The second-order valence-corrected chi connectivity index (χ2v) is 9.81. The van der Waals surface area contributed by atoms with Crippen LogP contribution in [0.2, 0.25) is 5.02 Å². The summed E-state index contributed by atoms with van der Waals surface area (Å²) in [5, 5.41) is 0.779. The lowest BCUT2D eigenvalue weighted by Gasteiger charge is -2.29. The number of halogens is 1. The Balaban J connectivity index is 1.22. The lowest BCUT2D eigenvalue weighted by atomic mass is 9.77. The summed E-state index contributed by atoms with van der Waals surface area (Å²) in [4.78, 5) is 0. The molecule has 1 saturated carbocycles. The standard InChI is InChI=1S/C31H35Cl/c1-2-3-24-12-18-29(19-13-24)30-20-14-27(15-21-30)10-8-25-4-6-26(7-5-25)9-11-28-16-22-31(32)23-17-28/h4-7,9,11-13,16-19,22-23,27,30H,2-3,8,10,14-15,20-21H2,1H3/t27-,30-. The lowest BCUT2D eigenvalue weighted by molar-refractivity contribution is 0.310. The molecule has 0 radical (unpaired) electrons. The molecule has 3 aromatic rings. The van der Waals surface area contributed by atoms with Crippen LogP contribution >= 0.6 is 11.6 Å². The van der Waals surface area contributed by atoms with Gasteiger partial charge in [0.1, 0.15) is 0 Å². The Bertz CT molecular complexity index is 972. The van der Waals surface area contributed by atoms with Crippen LogP contribution in [0.5, 0.6) is 0 Å². The first-order valence-electron chi connectivity index (χ1n) is 12.3. The Morgan fingerprint density at radius 2 is 1.22 bits per heavy atom. The average molecular weight is 443 g/mol. The van der Waals surface area contributed by atoms with Crippen LogP contribution in [0.3, 0.4) is 0 Å².